The molecular weight excluding hydrogens is 212 g/mol. The summed E-state index contributed by atoms with van der Waals surface area (Å²) in [5.41, 5.74) is 0. The summed E-state index contributed by atoms with van der Waals surface area (Å²) in [4.78, 5) is 0. The first-order chi connectivity index (χ1) is 7.17. The van der Waals surface area contributed by atoms with E-state index in [0.717, 1.165) is 45.2 Å². The smallest absolute Gasteiger partial charge is 0.214 e. The number of nitrogens with one attached hydrogen (secondary N) is 2. The van der Waals surface area contributed by atoms with E-state index >= 15 is 0 Å². The second-order valence-corrected chi connectivity index (χ2v) is 6.14. The molecule has 0 aliphatic carbocycles. The zero-order valence-corrected chi connectivity index (χ0v) is 10.3. The van der Waals surface area contributed by atoms with Crippen molar-refractivity contribution in [3.8, 4) is 0 Å². The molecule has 1 aliphatic heterocycles. The van der Waals surface area contributed by atoms with Gasteiger partial charge in [-0.15, -0.1) is 0 Å². The summed E-state index contributed by atoms with van der Waals surface area (Å²) in [6.45, 7) is 4.35. The largest absolute Gasteiger partial charge is 0.317 e. The monoisotopic (exact) mass is 234 g/mol. The zero-order chi connectivity index (χ0) is 11.1. The van der Waals surface area contributed by atoms with Crippen molar-refractivity contribution in [1.82, 2.24) is 10.0 Å². The van der Waals surface area contributed by atoms with Crippen molar-refractivity contribution >= 4 is 10.0 Å². The predicted octanol–water partition coefficient (Wildman–Crippen LogP) is 0.848. The van der Waals surface area contributed by atoms with Crippen molar-refractivity contribution in [2.24, 2.45) is 0 Å². The first kappa shape index (κ1) is 12.9. The molecule has 2 N–H and O–H groups in total. The van der Waals surface area contributed by atoms with E-state index < -0.39 is 10.0 Å². The van der Waals surface area contributed by atoms with Crippen molar-refractivity contribution in [1.29, 1.82) is 0 Å². The minimum absolute atomic E-state index is 0.180. The molecule has 1 fully saturated rings. The molecule has 0 saturated carbocycles. The molecule has 0 aromatic heterocycles. The van der Waals surface area contributed by atoms with Gasteiger partial charge in [0.05, 0.1) is 5.25 Å². The summed E-state index contributed by atoms with van der Waals surface area (Å²) in [5.74, 6) is 0. The fourth-order valence-corrected chi connectivity index (χ4v) is 3.33. The van der Waals surface area contributed by atoms with Gasteiger partial charge >= 0.3 is 0 Å². The fraction of sp³-hybridized carbons (Fsp3) is 1.00. The van der Waals surface area contributed by atoms with Crippen LogP contribution in [0.2, 0.25) is 0 Å². The molecule has 4 nitrogen and oxygen atoms in total. The van der Waals surface area contributed by atoms with Crippen LogP contribution in [0.3, 0.4) is 0 Å². The van der Waals surface area contributed by atoms with Gasteiger partial charge < -0.3 is 5.32 Å². The van der Waals surface area contributed by atoms with Gasteiger partial charge in [0.2, 0.25) is 10.0 Å². The predicted molar refractivity (Wildman–Crippen MR) is 62.3 cm³/mol. The highest BCUT2D eigenvalue weighted by Crippen LogP contribution is 2.11. The van der Waals surface area contributed by atoms with Gasteiger partial charge in [-0.05, 0) is 32.4 Å². The summed E-state index contributed by atoms with van der Waals surface area (Å²) < 4.78 is 26.3. The maximum absolute atomic E-state index is 11.8. The van der Waals surface area contributed by atoms with Gasteiger partial charge in [-0.25, -0.2) is 13.1 Å². The lowest BCUT2D eigenvalue weighted by Gasteiger charge is -2.22. The number of hydrogen-bond acceptors (Lipinski definition) is 3. The van der Waals surface area contributed by atoms with Crippen molar-refractivity contribution in [3.05, 3.63) is 0 Å². The molecule has 0 atom stereocenters. The Bertz CT molecular complexity index is 259. The van der Waals surface area contributed by atoms with Crippen LogP contribution in [0, 0.1) is 0 Å². The highest BCUT2D eigenvalue weighted by Gasteiger charge is 2.26. The van der Waals surface area contributed by atoms with Gasteiger partial charge in [-0.1, -0.05) is 19.8 Å². The van der Waals surface area contributed by atoms with E-state index in [1.807, 2.05) is 0 Å². The summed E-state index contributed by atoms with van der Waals surface area (Å²) in [5, 5.41) is 2.99. The average molecular weight is 234 g/mol. The van der Waals surface area contributed by atoms with Crippen molar-refractivity contribution in [2.75, 3.05) is 19.6 Å². The minimum Gasteiger partial charge on any atom is -0.317 e. The molecule has 0 unspecified atom stereocenters. The minimum atomic E-state index is -3.05. The number of piperidine rings is 1. The van der Waals surface area contributed by atoms with Crippen molar-refractivity contribution < 1.29 is 8.42 Å². The van der Waals surface area contributed by atoms with Crippen LogP contribution in [-0.2, 0) is 10.0 Å². The van der Waals surface area contributed by atoms with Crippen LogP contribution in [0.1, 0.15) is 39.0 Å². The van der Waals surface area contributed by atoms with Gasteiger partial charge in [0, 0.05) is 6.54 Å². The molecule has 0 aromatic rings. The Kier molecular flexibility index (Phi) is 5.56. The second-order valence-electron chi connectivity index (χ2n) is 4.10. The SMILES string of the molecule is CCCCCNS(=O)(=O)C1CCNCC1. The van der Waals surface area contributed by atoms with Gasteiger partial charge in [-0.2, -0.15) is 0 Å². The quantitative estimate of drug-likeness (QED) is 0.670. The van der Waals surface area contributed by atoms with E-state index in [1.165, 1.54) is 0 Å². The van der Waals surface area contributed by atoms with E-state index in [4.69, 9.17) is 0 Å². The van der Waals surface area contributed by atoms with Crippen molar-refractivity contribution in [2.45, 2.75) is 44.3 Å². The number of sulfonamides is 1. The normalized spacial score (nSPS) is 19.3. The summed E-state index contributed by atoms with van der Waals surface area (Å²) >= 11 is 0. The molecule has 0 aromatic carbocycles. The Balaban J connectivity index is 2.30. The van der Waals surface area contributed by atoms with Crippen LogP contribution in [-0.4, -0.2) is 33.3 Å². The third-order valence-corrected chi connectivity index (χ3v) is 4.76. The molecule has 1 saturated heterocycles. The Hall–Kier alpha value is -0.130. The molecule has 0 spiro atoms. The van der Waals surface area contributed by atoms with Crippen LogP contribution >= 0.6 is 0 Å². The highest BCUT2D eigenvalue weighted by molar-refractivity contribution is 7.90. The molecule has 1 heterocycles. The van der Waals surface area contributed by atoms with Crippen LogP contribution < -0.4 is 10.0 Å². The Morgan fingerprint density at radius 1 is 1.27 bits per heavy atom. The lowest BCUT2D eigenvalue weighted by molar-refractivity contribution is 0.488. The molecule has 0 bridgehead atoms. The molecule has 1 aliphatic rings. The Morgan fingerprint density at radius 2 is 1.93 bits per heavy atom. The Morgan fingerprint density at radius 3 is 2.53 bits per heavy atom. The van der Waals surface area contributed by atoms with Gasteiger partial charge in [0.1, 0.15) is 0 Å². The topological polar surface area (TPSA) is 58.2 Å². The van der Waals surface area contributed by atoms with Crippen LogP contribution in [0.4, 0.5) is 0 Å². The maximum Gasteiger partial charge on any atom is 0.214 e. The standard InChI is InChI=1S/C10H22N2O2S/c1-2-3-4-7-12-15(13,14)10-5-8-11-9-6-10/h10-12H,2-9H2,1H3. The number of rotatable bonds is 6. The summed E-state index contributed by atoms with van der Waals surface area (Å²) in [7, 11) is -3.05. The number of unbranched alkanes of at least 4 members (excludes halogenated alkanes) is 2. The first-order valence-electron chi connectivity index (χ1n) is 5.86. The molecule has 0 amide bonds. The summed E-state index contributed by atoms with van der Waals surface area (Å²) in [6, 6.07) is 0. The Labute approximate surface area is 92.9 Å². The van der Waals surface area contributed by atoms with Crippen LogP contribution in [0.25, 0.3) is 0 Å². The third-order valence-electron chi connectivity index (χ3n) is 2.81. The molecule has 1 rings (SSSR count). The van der Waals surface area contributed by atoms with Gasteiger partial charge in [0.25, 0.3) is 0 Å². The lowest BCUT2D eigenvalue weighted by atomic mass is 10.2. The number of hydrogen-bond donors (Lipinski definition) is 2. The van der Waals surface area contributed by atoms with E-state index in [1.54, 1.807) is 0 Å². The van der Waals surface area contributed by atoms with Crippen LogP contribution in [0.5, 0.6) is 0 Å². The van der Waals surface area contributed by atoms with E-state index in [9.17, 15) is 8.42 Å². The second kappa shape index (κ2) is 6.45. The van der Waals surface area contributed by atoms with Crippen LogP contribution in [0.15, 0.2) is 0 Å². The fourth-order valence-electron chi connectivity index (χ4n) is 1.81. The van der Waals surface area contributed by atoms with E-state index in [0.29, 0.717) is 6.54 Å². The van der Waals surface area contributed by atoms with Gasteiger partial charge in [0.15, 0.2) is 0 Å². The molecule has 15 heavy (non-hydrogen) atoms. The molecular formula is C10H22N2O2S. The maximum atomic E-state index is 11.8. The lowest BCUT2D eigenvalue weighted by Crippen LogP contribution is -2.41. The first-order valence-corrected chi connectivity index (χ1v) is 7.40. The molecule has 0 radical (unpaired) electrons. The van der Waals surface area contributed by atoms with Gasteiger partial charge in [-0.3, -0.25) is 0 Å². The average Bonchev–Trinajstić information content (AvgIpc) is 2.26. The highest BCUT2D eigenvalue weighted by atomic mass is 32.2. The zero-order valence-electron chi connectivity index (χ0n) is 9.46. The van der Waals surface area contributed by atoms with Crippen molar-refractivity contribution in [3.63, 3.8) is 0 Å². The summed E-state index contributed by atoms with van der Waals surface area (Å²) in [6.07, 6.45) is 4.64. The molecule has 90 valence electrons. The molecule has 5 heteroatoms. The van der Waals surface area contributed by atoms with E-state index in [2.05, 4.69) is 17.0 Å². The third kappa shape index (κ3) is 4.49. The van der Waals surface area contributed by atoms with E-state index in [-0.39, 0.29) is 5.25 Å².